The van der Waals surface area contributed by atoms with Gasteiger partial charge in [0.15, 0.2) is 5.13 Å². The number of hydrogen-bond acceptors (Lipinski definition) is 9. The Labute approximate surface area is 192 Å². The van der Waals surface area contributed by atoms with E-state index in [-0.39, 0.29) is 17.6 Å². The van der Waals surface area contributed by atoms with Crippen LogP contribution in [0.1, 0.15) is 37.2 Å². The van der Waals surface area contributed by atoms with Gasteiger partial charge in [-0.1, -0.05) is 34.7 Å². The van der Waals surface area contributed by atoms with E-state index in [0.717, 1.165) is 33.8 Å². The van der Waals surface area contributed by atoms with E-state index in [1.807, 2.05) is 37.3 Å². The van der Waals surface area contributed by atoms with E-state index in [1.165, 1.54) is 11.3 Å². The number of carbonyl (C=O) groups is 2. The van der Waals surface area contributed by atoms with Gasteiger partial charge >= 0.3 is 0 Å². The van der Waals surface area contributed by atoms with Crippen molar-refractivity contribution in [3.05, 3.63) is 70.6 Å². The summed E-state index contributed by atoms with van der Waals surface area (Å²) in [6.07, 6.45) is 2.67. The lowest BCUT2D eigenvalue weighted by Gasteiger charge is -2.14. The summed E-state index contributed by atoms with van der Waals surface area (Å²) in [5, 5.41) is 6.92. The molecular weight excluding hydrogens is 444 g/mol. The number of hydrogen-bond donors (Lipinski definition) is 1. The van der Waals surface area contributed by atoms with Gasteiger partial charge in [0.05, 0.1) is 36.3 Å². The van der Waals surface area contributed by atoms with Crippen LogP contribution < -0.4 is 10.1 Å². The molecule has 4 aromatic rings. The molecule has 5 rings (SSSR count). The molecule has 166 valence electrons. The number of aromatic nitrogens is 4. The number of amides is 2. The maximum Gasteiger partial charge on any atom is 0.295 e. The number of aryl methyl sites for hydroxylation is 1. The fraction of sp³-hybridized carbons (Fsp3) is 0.182. The number of ether oxygens (including phenoxy) is 1. The van der Waals surface area contributed by atoms with Gasteiger partial charge in [-0.05, 0) is 19.1 Å². The molecule has 0 aliphatic carbocycles. The maximum atomic E-state index is 13.2. The van der Waals surface area contributed by atoms with Gasteiger partial charge in [-0.25, -0.2) is 4.98 Å². The number of fused-ring (bicyclic) bond motifs is 1. The molecule has 0 radical (unpaired) electrons. The molecule has 3 aromatic heterocycles. The Morgan fingerprint density at radius 3 is 2.79 bits per heavy atom. The summed E-state index contributed by atoms with van der Waals surface area (Å²) >= 11 is 1.33. The van der Waals surface area contributed by atoms with E-state index in [4.69, 9.17) is 4.74 Å². The maximum absolute atomic E-state index is 13.2. The lowest BCUT2D eigenvalue weighted by molar-refractivity contribution is 0.0735. The number of anilines is 1. The van der Waals surface area contributed by atoms with Crippen LogP contribution in [0.4, 0.5) is 5.13 Å². The van der Waals surface area contributed by atoms with Crippen LogP contribution in [0.2, 0.25) is 0 Å². The minimum absolute atomic E-state index is 0.00872. The van der Waals surface area contributed by atoms with Crippen LogP contribution in [0.15, 0.2) is 47.4 Å². The molecule has 4 heterocycles. The van der Waals surface area contributed by atoms with Gasteiger partial charge in [0.25, 0.3) is 17.6 Å². The summed E-state index contributed by atoms with van der Waals surface area (Å²) in [5.41, 5.74) is 3.45. The van der Waals surface area contributed by atoms with Gasteiger partial charge < -0.3 is 14.2 Å². The fourth-order valence-corrected chi connectivity index (χ4v) is 4.62. The molecular formula is C22H18N6O4S. The molecule has 1 aromatic carbocycles. The highest BCUT2D eigenvalue weighted by Crippen LogP contribution is 2.34. The Morgan fingerprint density at radius 2 is 2.03 bits per heavy atom. The number of pyridine rings is 1. The molecule has 0 unspecified atom stereocenters. The highest BCUT2D eigenvalue weighted by Gasteiger charge is 2.30. The zero-order valence-corrected chi connectivity index (χ0v) is 18.5. The van der Waals surface area contributed by atoms with E-state index in [2.05, 4.69) is 29.9 Å². The van der Waals surface area contributed by atoms with E-state index in [9.17, 15) is 9.59 Å². The Hall–Kier alpha value is -4.12. The van der Waals surface area contributed by atoms with Crippen LogP contribution in [0, 0.1) is 6.92 Å². The van der Waals surface area contributed by atoms with Crippen LogP contribution in [-0.4, -0.2) is 43.9 Å². The summed E-state index contributed by atoms with van der Waals surface area (Å²) in [6.45, 7) is 2.55. The first-order chi connectivity index (χ1) is 16.0. The standard InChI is InChI=1S/C22H18N6O4S/c1-12-7-14(13-5-3-4-6-17(13)31-2)15(8-23-12)20(29)26-22-25-16-9-28(10-18(16)33-22)21(30)19-24-11-32-27-19/h3-8,11H,9-10H2,1-2H3,(H,25,26,29). The molecule has 0 atom stereocenters. The van der Waals surface area contributed by atoms with Crippen molar-refractivity contribution >= 4 is 28.3 Å². The van der Waals surface area contributed by atoms with Crippen molar-refractivity contribution < 1.29 is 18.8 Å². The Kier molecular flexibility index (Phi) is 5.31. The van der Waals surface area contributed by atoms with Gasteiger partial charge in [0.2, 0.25) is 6.39 Å². The first-order valence-electron chi connectivity index (χ1n) is 9.99. The highest BCUT2D eigenvalue weighted by molar-refractivity contribution is 7.16. The molecule has 1 N–H and O–H groups in total. The second kappa shape index (κ2) is 8.43. The van der Waals surface area contributed by atoms with Crippen molar-refractivity contribution in [2.45, 2.75) is 20.0 Å². The van der Waals surface area contributed by atoms with Crippen molar-refractivity contribution in [2.75, 3.05) is 12.4 Å². The molecule has 33 heavy (non-hydrogen) atoms. The average molecular weight is 462 g/mol. The zero-order chi connectivity index (χ0) is 22.9. The van der Waals surface area contributed by atoms with Crippen molar-refractivity contribution in [3.63, 3.8) is 0 Å². The summed E-state index contributed by atoms with van der Waals surface area (Å²) < 4.78 is 10.1. The number of methoxy groups -OCH3 is 1. The second-order valence-corrected chi connectivity index (χ2v) is 8.41. The third kappa shape index (κ3) is 3.94. The van der Waals surface area contributed by atoms with E-state index in [0.29, 0.717) is 29.5 Å². The van der Waals surface area contributed by atoms with Crippen LogP contribution >= 0.6 is 11.3 Å². The quantitative estimate of drug-likeness (QED) is 0.479. The summed E-state index contributed by atoms with van der Waals surface area (Å²) in [6, 6.07) is 9.37. The second-order valence-electron chi connectivity index (χ2n) is 7.33. The lowest BCUT2D eigenvalue weighted by atomic mass is 9.99. The number of nitrogens with zero attached hydrogens (tertiary/aromatic N) is 5. The first-order valence-corrected chi connectivity index (χ1v) is 10.8. The van der Waals surface area contributed by atoms with Gasteiger partial charge in [0.1, 0.15) is 5.75 Å². The number of benzene rings is 1. The Balaban J connectivity index is 1.36. The Morgan fingerprint density at radius 1 is 1.18 bits per heavy atom. The third-order valence-electron chi connectivity index (χ3n) is 5.20. The van der Waals surface area contributed by atoms with Gasteiger partial charge in [0, 0.05) is 23.0 Å². The lowest BCUT2D eigenvalue weighted by Crippen LogP contribution is -2.26. The minimum Gasteiger partial charge on any atom is -0.496 e. The summed E-state index contributed by atoms with van der Waals surface area (Å²) in [7, 11) is 1.59. The molecule has 11 heteroatoms. The number of nitrogens with one attached hydrogen (secondary N) is 1. The van der Waals surface area contributed by atoms with Gasteiger partial charge in [-0.3, -0.25) is 19.9 Å². The Bertz CT molecular complexity index is 1330. The molecule has 1 aliphatic rings. The third-order valence-corrected chi connectivity index (χ3v) is 6.19. The zero-order valence-electron chi connectivity index (χ0n) is 17.7. The molecule has 0 bridgehead atoms. The normalized spacial score (nSPS) is 12.5. The van der Waals surface area contributed by atoms with Crippen molar-refractivity contribution in [1.29, 1.82) is 0 Å². The first kappa shape index (κ1) is 20.8. The number of thiazole rings is 1. The molecule has 10 nitrogen and oxygen atoms in total. The van der Waals surface area contributed by atoms with Gasteiger partial charge in [-0.15, -0.1) is 0 Å². The summed E-state index contributed by atoms with van der Waals surface area (Å²) in [4.78, 5) is 40.6. The highest BCUT2D eigenvalue weighted by atomic mass is 32.1. The predicted octanol–water partition coefficient (Wildman–Crippen LogP) is 3.31. The van der Waals surface area contributed by atoms with E-state index in [1.54, 1.807) is 18.2 Å². The van der Waals surface area contributed by atoms with Crippen molar-refractivity contribution in [1.82, 2.24) is 25.0 Å². The number of carbonyl (C=O) groups excluding carboxylic acids is 2. The van der Waals surface area contributed by atoms with E-state index < -0.39 is 0 Å². The number of para-hydroxylation sites is 1. The molecule has 0 fully saturated rings. The van der Waals surface area contributed by atoms with Crippen LogP contribution in [0.25, 0.3) is 11.1 Å². The number of rotatable bonds is 5. The molecule has 0 saturated heterocycles. The van der Waals surface area contributed by atoms with Crippen molar-refractivity contribution in [3.8, 4) is 16.9 Å². The topological polar surface area (TPSA) is 123 Å². The molecule has 0 spiro atoms. The minimum atomic E-state index is -0.327. The van der Waals surface area contributed by atoms with Crippen molar-refractivity contribution in [2.24, 2.45) is 0 Å². The SMILES string of the molecule is COc1ccccc1-c1cc(C)ncc1C(=O)Nc1nc2c(s1)CN(C(=O)c1ncon1)C2. The molecule has 1 aliphatic heterocycles. The molecule has 2 amide bonds. The summed E-state index contributed by atoms with van der Waals surface area (Å²) in [5.74, 6) is 0.0217. The van der Waals surface area contributed by atoms with Crippen LogP contribution in [-0.2, 0) is 13.1 Å². The average Bonchev–Trinajstić information content (AvgIpc) is 3.55. The smallest absolute Gasteiger partial charge is 0.295 e. The van der Waals surface area contributed by atoms with Crippen LogP contribution in [0.5, 0.6) is 5.75 Å². The largest absolute Gasteiger partial charge is 0.496 e. The van der Waals surface area contributed by atoms with Crippen LogP contribution in [0.3, 0.4) is 0 Å². The van der Waals surface area contributed by atoms with Gasteiger partial charge in [-0.2, -0.15) is 4.98 Å². The predicted molar refractivity (Wildman–Crippen MR) is 119 cm³/mol. The van der Waals surface area contributed by atoms with E-state index >= 15 is 0 Å². The monoisotopic (exact) mass is 462 g/mol. The molecule has 0 saturated carbocycles. The fourth-order valence-electron chi connectivity index (χ4n) is 3.64.